The van der Waals surface area contributed by atoms with Gasteiger partial charge >= 0.3 is 6.18 Å². The second-order valence-corrected chi connectivity index (χ2v) is 7.30. The van der Waals surface area contributed by atoms with Gasteiger partial charge in [-0.25, -0.2) is 4.98 Å². The van der Waals surface area contributed by atoms with E-state index in [1.807, 2.05) is 13.8 Å². The Kier molecular flexibility index (Phi) is 5.00. The number of pyridine rings is 2. The maximum absolute atomic E-state index is 13.2. The summed E-state index contributed by atoms with van der Waals surface area (Å²) < 4.78 is 40.2. The van der Waals surface area contributed by atoms with Gasteiger partial charge in [-0.3, -0.25) is 19.5 Å². The third kappa shape index (κ3) is 3.76. The molecule has 3 aromatic heterocycles. The van der Waals surface area contributed by atoms with E-state index in [9.17, 15) is 22.8 Å². The molecule has 1 atom stereocenters. The van der Waals surface area contributed by atoms with Gasteiger partial charge in [0.25, 0.3) is 11.8 Å². The lowest BCUT2D eigenvalue weighted by atomic mass is 10.1. The van der Waals surface area contributed by atoms with Crippen LogP contribution >= 0.6 is 0 Å². The number of nitrogens with one attached hydrogen (secondary N) is 1. The van der Waals surface area contributed by atoms with Crippen molar-refractivity contribution in [3.05, 3.63) is 71.4 Å². The number of anilines is 2. The number of carbonyl (C=O) groups is 2. The minimum absolute atomic E-state index is 0.0896. The van der Waals surface area contributed by atoms with E-state index in [0.717, 1.165) is 17.7 Å². The molecule has 0 radical (unpaired) electrons. The number of aryl methyl sites for hydroxylation is 1. The first kappa shape index (κ1) is 20.6. The summed E-state index contributed by atoms with van der Waals surface area (Å²) in [7, 11) is 0. The Bertz CT molecular complexity index is 1150. The highest BCUT2D eigenvalue weighted by Gasteiger charge is 2.36. The molecule has 4 rings (SSSR count). The second kappa shape index (κ2) is 7.53. The van der Waals surface area contributed by atoms with E-state index in [1.54, 1.807) is 29.1 Å². The first-order valence-electron chi connectivity index (χ1n) is 9.44. The van der Waals surface area contributed by atoms with Crippen LogP contribution in [0.3, 0.4) is 0 Å². The SMILES string of the molecule is Cc1ccncc1NC(=O)c1ccn2c1C(=O)N(c1ccc(C(F)(F)F)cn1)C[C@@H]2C. The first-order chi connectivity index (χ1) is 14.7. The summed E-state index contributed by atoms with van der Waals surface area (Å²) in [5.74, 6) is -0.900. The van der Waals surface area contributed by atoms with E-state index in [0.29, 0.717) is 11.9 Å². The van der Waals surface area contributed by atoms with Crippen molar-refractivity contribution in [2.45, 2.75) is 26.1 Å². The fourth-order valence-electron chi connectivity index (χ4n) is 3.48. The topological polar surface area (TPSA) is 80.1 Å². The van der Waals surface area contributed by atoms with Crippen molar-refractivity contribution in [3.63, 3.8) is 0 Å². The highest BCUT2D eigenvalue weighted by Crippen LogP contribution is 2.32. The maximum atomic E-state index is 13.2. The van der Waals surface area contributed by atoms with Crippen LogP contribution in [0.5, 0.6) is 0 Å². The van der Waals surface area contributed by atoms with Crippen molar-refractivity contribution < 1.29 is 22.8 Å². The molecule has 0 spiro atoms. The molecule has 3 aromatic rings. The Morgan fingerprint density at radius 2 is 1.97 bits per heavy atom. The van der Waals surface area contributed by atoms with E-state index >= 15 is 0 Å². The fraction of sp³-hybridized carbons (Fsp3) is 0.238. The molecule has 0 aliphatic carbocycles. The quantitative estimate of drug-likeness (QED) is 0.681. The van der Waals surface area contributed by atoms with Gasteiger partial charge in [-0.1, -0.05) is 0 Å². The Hall–Kier alpha value is -3.69. The zero-order valence-electron chi connectivity index (χ0n) is 16.6. The largest absolute Gasteiger partial charge is 0.417 e. The van der Waals surface area contributed by atoms with Gasteiger partial charge in [-0.2, -0.15) is 13.2 Å². The van der Waals surface area contributed by atoms with E-state index in [1.165, 1.54) is 11.1 Å². The molecule has 1 aliphatic heterocycles. The molecule has 0 saturated heterocycles. The molecule has 0 unspecified atom stereocenters. The predicted molar refractivity (Wildman–Crippen MR) is 107 cm³/mol. The van der Waals surface area contributed by atoms with Crippen molar-refractivity contribution in [2.24, 2.45) is 0 Å². The van der Waals surface area contributed by atoms with Gasteiger partial charge < -0.3 is 9.88 Å². The number of nitrogens with zero attached hydrogens (tertiary/aromatic N) is 4. The number of amides is 2. The summed E-state index contributed by atoms with van der Waals surface area (Å²) in [6, 6.07) is 5.13. The van der Waals surface area contributed by atoms with Crippen LogP contribution in [-0.2, 0) is 6.18 Å². The van der Waals surface area contributed by atoms with Gasteiger partial charge in [0.2, 0.25) is 0 Å². The molecule has 1 aliphatic rings. The van der Waals surface area contributed by atoms with Gasteiger partial charge in [0.15, 0.2) is 0 Å². The van der Waals surface area contributed by atoms with Crippen molar-refractivity contribution in [3.8, 4) is 0 Å². The number of fused-ring (bicyclic) bond motifs is 1. The summed E-state index contributed by atoms with van der Waals surface area (Å²) in [6.45, 7) is 3.87. The predicted octanol–water partition coefficient (Wildman–Crippen LogP) is 4.08. The molecule has 0 aromatic carbocycles. The molecule has 2 amide bonds. The first-order valence-corrected chi connectivity index (χ1v) is 9.44. The summed E-state index contributed by atoms with van der Waals surface area (Å²) in [6.07, 6.45) is 0.944. The number of hydrogen-bond acceptors (Lipinski definition) is 4. The zero-order chi connectivity index (χ0) is 22.3. The van der Waals surface area contributed by atoms with Crippen molar-refractivity contribution in [1.29, 1.82) is 0 Å². The van der Waals surface area contributed by atoms with Gasteiger partial charge in [-0.05, 0) is 43.7 Å². The second-order valence-electron chi connectivity index (χ2n) is 7.30. The third-order valence-corrected chi connectivity index (χ3v) is 5.17. The average Bonchev–Trinajstić information content (AvgIpc) is 3.18. The third-order valence-electron chi connectivity index (χ3n) is 5.17. The summed E-state index contributed by atoms with van der Waals surface area (Å²) >= 11 is 0. The van der Waals surface area contributed by atoms with E-state index in [-0.39, 0.29) is 29.7 Å². The highest BCUT2D eigenvalue weighted by atomic mass is 19.4. The van der Waals surface area contributed by atoms with E-state index in [2.05, 4.69) is 15.3 Å². The van der Waals surface area contributed by atoms with Crippen molar-refractivity contribution in [2.75, 3.05) is 16.8 Å². The zero-order valence-corrected chi connectivity index (χ0v) is 16.6. The number of aromatic nitrogens is 3. The van der Waals surface area contributed by atoms with Crippen molar-refractivity contribution >= 4 is 23.3 Å². The Morgan fingerprint density at radius 1 is 1.19 bits per heavy atom. The van der Waals surface area contributed by atoms with Crippen LogP contribution in [0, 0.1) is 6.92 Å². The number of halogens is 3. The average molecular weight is 429 g/mol. The van der Waals surface area contributed by atoms with Gasteiger partial charge in [0.1, 0.15) is 11.5 Å². The summed E-state index contributed by atoms with van der Waals surface area (Å²) in [4.78, 5) is 35.2. The van der Waals surface area contributed by atoms with E-state index < -0.39 is 23.6 Å². The van der Waals surface area contributed by atoms with Crippen LogP contribution in [0.25, 0.3) is 0 Å². The van der Waals surface area contributed by atoms with E-state index in [4.69, 9.17) is 0 Å². The van der Waals surface area contributed by atoms with Crippen LogP contribution < -0.4 is 10.2 Å². The lowest BCUT2D eigenvalue weighted by Crippen LogP contribution is -2.43. The van der Waals surface area contributed by atoms with Crippen LogP contribution in [0.2, 0.25) is 0 Å². The number of rotatable bonds is 3. The lowest BCUT2D eigenvalue weighted by molar-refractivity contribution is -0.137. The molecule has 0 fully saturated rings. The Labute approximate surface area is 175 Å². The van der Waals surface area contributed by atoms with Gasteiger partial charge in [-0.15, -0.1) is 0 Å². The standard InChI is InChI=1S/C21H18F3N5O2/c1-12-5-7-25-10-16(12)27-19(30)15-6-8-28-13(2)11-29(20(31)18(15)28)17-4-3-14(9-26-17)21(22,23)24/h3-10,13H,11H2,1-2H3,(H,27,30)/t13-/m0/s1. The summed E-state index contributed by atoms with van der Waals surface area (Å²) in [5, 5.41) is 2.75. The monoisotopic (exact) mass is 429 g/mol. The maximum Gasteiger partial charge on any atom is 0.417 e. The molecule has 0 bridgehead atoms. The Morgan fingerprint density at radius 3 is 2.61 bits per heavy atom. The molecule has 1 N–H and O–H groups in total. The minimum Gasteiger partial charge on any atom is -0.338 e. The molecule has 4 heterocycles. The lowest BCUT2D eigenvalue weighted by Gasteiger charge is -2.32. The summed E-state index contributed by atoms with van der Waals surface area (Å²) in [5.41, 5.74) is 0.747. The highest BCUT2D eigenvalue weighted by molar-refractivity contribution is 6.15. The molecule has 10 heteroatoms. The fourth-order valence-corrected chi connectivity index (χ4v) is 3.48. The molecule has 0 saturated carbocycles. The van der Waals surface area contributed by atoms with Gasteiger partial charge in [0.05, 0.1) is 23.0 Å². The smallest absolute Gasteiger partial charge is 0.338 e. The van der Waals surface area contributed by atoms with Crippen molar-refractivity contribution in [1.82, 2.24) is 14.5 Å². The molecular weight excluding hydrogens is 411 g/mol. The van der Waals surface area contributed by atoms with Crippen LogP contribution in [0.1, 0.15) is 44.9 Å². The van der Waals surface area contributed by atoms with Crippen LogP contribution in [0.4, 0.5) is 24.7 Å². The van der Waals surface area contributed by atoms with Crippen LogP contribution in [-0.4, -0.2) is 32.9 Å². The van der Waals surface area contributed by atoms with Crippen LogP contribution in [0.15, 0.2) is 49.1 Å². The minimum atomic E-state index is -4.52. The molecular formula is C21H18F3N5O2. The number of hydrogen-bond donors (Lipinski definition) is 1. The number of alkyl halides is 3. The molecule has 31 heavy (non-hydrogen) atoms. The Balaban J connectivity index is 1.66. The normalized spacial score (nSPS) is 16.2. The molecule has 7 nitrogen and oxygen atoms in total. The number of carbonyl (C=O) groups excluding carboxylic acids is 2. The van der Waals surface area contributed by atoms with Gasteiger partial charge in [0, 0.05) is 31.2 Å². The molecule has 160 valence electrons.